The van der Waals surface area contributed by atoms with E-state index in [1.165, 1.54) is 12.1 Å². The van der Waals surface area contributed by atoms with E-state index in [1.54, 1.807) is 13.8 Å². The number of hydrogen-bond donors (Lipinski definition) is 2. The molecule has 0 aliphatic heterocycles. The van der Waals surface area contributed by atoms with Gasteiger partial charge in [-0.25, -0.2) is 4.39 Å². The van der Waals surface area contributed by atoms with E-state index in [4.69, 9.17) is 22.1 Å². The molecule has 18 heavy (non-hydrogen) atoms. The van der Waals surface area contributed by atoms with Crippen molar-refractivity contribution in [3.63, 3.8) is 0 Å². The summed E-state index contributed by atoms with van der Waals surface area (Å²) in [5.74, 6) is -0.509. The van der Waals surface area contributed by atoms with E-state index >= 15 is 0 Å². The average Bonchev–Trinajstić information content (AvgIpc) is 2.27. The Balaban J connectivity index is 2.53. The minimum Gasteiger partial charge on any atom is -0.482 e. The van der Waals surface area contributed by atoms with Gasteiger partial charge in [0.2, 0.25) is 0 Å². The third-order valence-electron chi connectivity index (χ3n) is 2.24. The molecule has 0 saturated carbocycles. The molecule has 0 aliphatic rings. The van der Waals surface area contributed by atoms with E-state index in [-0.39, 0.29) is 23.3 Å². The van der Waals surface area contributed by atoms with Gasteiger partial charge >= 0.3 is 0 Å². The molecule has 6 heteroatoms. The minimum absolute atomic E-state index is 0.126. The highest BCUT2D eigenvalue weighted by Crippen LogP contribution is 2.24. The maximum absolute atomic E-state index is 12.8. The van der Waals surface area contributed by atoms with E-state index in [1.807, 2.05) is 0 Å². The van der Waals surface area contributed by atoms with Crippen molar-refractivity contribution in [2.24, 2.45) is 5.73 Å². The number of carbonyl (C=O) groups excluding carboxylic acids is 1. The van der Waals surface area contributed by atoms with Crippen LogP contribution in [-0.2, 0) is 4.79 Å². The zero-order valence-electron chi connectivity index (χ0n) is 10.3. The normalized spacial score (nSPS) is 11.2. The zero-order chi connectivity index (χ0) is 13.8. The van der Waals surface area contributed by atoms with Crippen molar-refractivity contribution < 1.29 is 13.9 Å². The molecule has 0 spiro atoms. The molecule has 0 saturated heterocycles. The summed E-state index contributed by atoms with van der Waals surface area (Å²) in [7, 11) is 0. The van der Waals surface area contributed by atoms with Crippen molar-refractivity contribution in [2.45, 2.75) is 19.4 Å². The number of amides is 1. The van der Waals surface area contributed by atoms with Gasteiger partial charge in [-0.05, 0) is 32.0 Å². The molecule has 1 rings (SSSR count). The highest BCUT2D eigenvalue weighted by Gasteiger charge is 2.18. The van der Waals surface area contributed by atoms with Crippen LogP contribution in [0, 0.1) is 5.82 Å². The average molecular weight is 275 g/mol. The number of nitrogens with two attached hydrogens (primary N) is 1. The largest absolute Gasteiger partial charge is 0.482 e. The van der Waals surface area contributed by atoms with Gasteiger partial charge in [0.15, 0.2) is 6.61 Å². The predicted molar refractivity (Wildman–Crippen MR) is 68.2 cm³/mol. The van der Waals surface area contributed by atoms with E-state index < -0.39 is 11.4 Å². The van der Waals surface area contributed by atoms with Crippen LogP contribution in [-0.4, -0.2) is 24.6 Å². The van der Waals surface area contributed by atoms with Gasteiger partial charge in [0, 0.05) is 12.1 Å². The molecule has 0 aliphatic carbocycles. The van der Waals surface area contributed by atoms with Crippen molar-refractivity contribution in [3.05, 3.63) is 29.0 Å². The molecular weight excluding hydrogens is 259 g/mol. The van der Waals surface area contributed by atoms with Gasteiger partial charge < -0.3 is 15.8 Å². The lowest BCUT2D eigenvalue weighted by Gasteiger charge is -2.24. The first kappa shape index (κ1) is 14.7. The first-order chi connectivity index (χ1) is 8.34. The first-order valence-corrected chi connectivity index (χ1v) is 5.81. The van der Waals surface area contributed by atoms with Gasteiger partial charge in [0.05, 0.1) is 5.02 Å². The number of carbonyl (C=O) groups is 1. The molecule has 3 N–H and O–H groups in total. The molecular formula is C12H16ClFN2O2. The number of halogens is 2. The summed E-state index contributed by atoms with van der Waals surface area (Å²) in [4.78, 5) is 11.6. The molecule has 4 nitrogen and oxygen atoms in total. The number of ether oxygens (including phenoxy) is 1. The van der Waals surface area contributed by atoms with Crippen LogP contribution in [0.3, 0.4) is 0 Å². The van der Waals surface area contributed by atoms with Crippen molar-refractivity contribution in [2.75, 3.05) is 13.2 Å². The van der Waals surface area contributed by atoms with Crippen LogP contribution >= 0.6 is 11.6 Å². The second-order valence-corrected chi connectivity index (χ2v) is 4.91. The maximum Gasteiger partial charge on any atom is 0.258 e. The van der Waals surface area contributed by atoms with Crippen LogP contribution < -0.4 is 15.8 Å². The highest BCUT2D eigenvalue weighted by atomic mass is 35.5. The van der Waals surface area contributed by atoms with Crippen LogP contribution in [0.1, 0.15) is 13.8 Å². The van der Waals surface area contributed by atoms with E-state index in [0.29, 0.717) is 6.54 Å². The van der Waals surface area contributed by atoms with Gasteiger partial charge in [-0.2, -0.15) is 0 Å². The molecule has 0 aromatic heterocycles. The predicted octanol–water partition coefficient (Wildman–Crippen LogP) is 1.71. The molecule has 1 aromatic rings. The van der Waals surface area contributed by atoms with Gasteiger partial charge in [-0.3, -0.25) is 4.79 Å². The first-order valence-electron chi connectivity index (χ1n) is 5.43. The highest BCUT2D eigenvalue weighted by molar-refractivity contribution is 6.32. The number of benzene rings is 1. The summed E-state index contributed by atoms with van der Waals surface area (Å²) < 4.78 is 18.0. The summed E-state index contributed by atoms with van der Waals surface area (Å²) in [6.07, 6.45) is 0. The summed E-state index contributed by atoms with van der Waals surface area (Å²) in [5, 5.41) is 2.83. The van der Waals surface area contributed by atoms with Crippen molar-refractivity contribution in [1.29, 1.82) is 0 Å². The van der Waals surface area contributed by atoms with Crippen LogP contribution in [0.15, 0.2) is 18.2 Å². The van der Waals surface area contributed by atoms with Crippen molar-refractivity contribution in [1.82, 2.24) is 5.32 Å². The number of hydrogen-bond acceptors (Lipinski definition) is 3. The lowest BCUT2D eigenvalue weighted by atomic mass is 10.1. The monoisotopic (exact) mass is 274 g/mol. The lowest BCUT2D eigenvalue weighted by Crippen LogP contribution is -2.50. The summed E-state index contributed by atoms with van der Waals surface area (Å²) in [6.45, 7) is 3.72. The molecule has 0 unspecified atom stereocenters. The summed E-state index contributed by atoms with van der Waals surface area (Å²) >= 11 is 5.76. The molecule has 0 atom stereocenters. The minimum atomic E-state index is -0.493. The Bertz CT molecular complexity index is 438. The fourth-order valence-corrected chi connectivity index (χ4v) is 1.42. The number of nitrogens with one attached hydrogen (secondary N) is 1. The van der Waals surface area contributed by atoms with Crippen molar-refractivity contribution in [3.8, 4) is 5.75 Å². The fraction of sp³-hybridized carbons (Fsp3) is 0.417. The van der Waals surface area contributed by atoms with Gasteiger partial charge in [0.25, 0.3) is 5.91 Å². The Morgan fingerprint density at radius 2 is 2.22 bits per heavy atom. The SMILES string of the molecule is CC(C)(CN)NC(=O)COc1ccc(F)cc1Cl. The van der Waals surface area contributed by atoms with Gasteiger partial charge in [-0.1, -0.05) is 11.6 Å². The topological polar surface area (TPSA) is 64.3 Å². The third kappa shape index (κ3) is 4.50. The quantitative estimate of drug-likeness (QED) is 0.859. The smallest absolute Gasteiger partial charge is 0.258 e. The van der Waals surface area contributed by atoms with Crippen LogP contribution in [0.2, 0.25) is 5.02 Å². The third-order valence-corrected chi connectivity index (χ3v) is 2.54. The standard InChI is InChI=1S/C12H16ClFN2O2/c1-12(2,7-15)16-11(17)6-18-10-4-3-8(14)5-9(10)13/h3-5H,6-7,15H2,1-2H3,(H,16,17). The fourth-order valence-electron chi connectivity index (χ4n) is 1.20. The zero-order valence-corrected chi connectivity index (χ0v) is 11.1. The molecule has 0 heterocycles. The van der Waals surface area contributed by atoms with E-state index in [0.717, 1.165) is 6.07 Å². The Morgan fingerprint density at radius 3 is 2.78 bits per heavy atom. The van der Waals surface area contributed by atoms with Crippen LogP contribution in [0.4, 0.5) is 4.39 Å². The molecule has 1 amide bonds. The Kier molecular flexibility index (Phi) is 4.93. The van der Waals surface area contributed by atoms with Gasteiger partial charge in [-0.15, -0.1) is 0 Å². The second kappa shape index (κ2) is 6.02. The summed E-state index contributed by atoms with van der Waals surface area (Å²) in [6, 6.07) is 3.71. The maximum atomic E-state index is 12.8. The Morgan fingerprint density at radius 1 is 1.56 bits per heavy atom. The Hall–Kier alpha value is -1.33. The Labute approximate surface area is 110 Å². The number of rotatable bonds is 5. The van der Waals surface area contributed by atoms with Crippen LogP contribution in [0.25, 0.3) is 0 Å². The molecule has 1 aromatic carbocycles. The lowest BCUT2D eigenvalue weighted by molar-refractivity contribution is -0.124. The molecule has 0 radical (unpaired) electrons. The van der Waals surface area contributed by atoms with Crippen molar-refractivity contribution >= 4 is 17.5 Å². The second-order valence-electron chi connectivity index (χ2n) is 4.50. The van der Waals surface area contributed by atoms with Crippen LogP contribution in [0.5, 0.6) is 5.75 Å². The molecule has 100 valence electrons. The summed E-state index contributed by atoms with van der Waals surface area (Å²) in [5.41, 5.74) is 4.99. The molecule has 0 bridgehead atoms. The van der Waals surface area contributed by atoms with E-state index in [2.05, 4.69) is 5.32 Å². The van der Waals surface area contributed by atoms with E-state index in [9.17, 15) is 9.18 Å². The van der Waals surface area contributed by atoms with Gasteiger partial charge in [0.1, 0.15) is 11.6 Å². The molecule has 0 fully saturated rings.